The van der Waals surface area contributed by atoms with Crippen LogP contribution in [0.3, 0.4) is 0 Å². The van der Waals surface area contributed by atoms with Gasteiger partial charge in [0.05, 0.1) is 6.26 Å². The largest absolute Gasteiger partial charge is 0.469 e. The van der Waals surface area contributed by atoms with Crippen LogP contribution in [0.5, 0.6) is 0 Å². The van der Waals surface area contributed by atoms with Gasteiger partial charge >= 0.3 is 0 Å². The first-order chi connectivity index (χ1) is 7.34. The Hall–Kier alpha value is -0.760. The molecule has 0 spiro atoms. The molecule has 15 heavy (non-hydrogen) atoms. The highest BCUT2D eigenvalue weighted by Crippen LogP contribution is 2.27. The van der Waals surface area contributed by atoms with Crippen LogP contribution in [-0.4, -0.2) is 6.04 Å². The summed E-state index contributed by atoms with van der Waals surface area (Å²) in [6, 6.07) is 4.22. The molecule has 0 amide bonds. The summed E-state index contributed by atoms with van der Waals surface area (Å²) in [6.45, 7) is 0. The Kier molecular flexibility index (Phi) is 3.84. The number of furan rings is 1. The highest BCUT2D eigenvalue weighted by atomic mass is 16.3. The van der Waals surface area contributed by atoms with E-state index in [0.717, 1.165) is 18.1 Å². The zero-order valence-electron chi connectivity index (χ0n) is 9.32. The van der Waals surface area contributed by atoms with Gasteiger partial charge in [0.2, 0.25) is 0 Å². The highest BCUT2D eigenvalue weighted by Gasteiger charge is 2.17. The van der Waals surface area contributed by atoms with Crippen molar-refractivity contribution in [2.24, 2.45) is 11.7 Å². The van der Waals surface area contributed by atoms with E-state index in [1.807, 2.05) is 12.1 Å². The molecule has 1 saturated carbocycles. The van der Waals surface area contributed by atoms with Gasteiger partial charge < -0.3 is 10.2 Å². The Morgan fingerprint density at radius 3 is 2.80 bits per heavy atom. The van der Waals surface area contributed by atoms with Crippen LogP contribution < -0.4 is 5.73 Å². The van der Waals surface area contributed by atoms with Crippen LogP contribution in [0, 0.1) is 5.92 Å². The molecule has 0 bridgehead atoms. The quantitative estimate of drug-likeness (QED) is 0.824. The summed E-state index contributed by atoms with van der Waals surface area (Å²) < 4.78 is 5.31. The lowest BCUT2D eigenvalue weighted by Gasteiger charge is -2.24. The minimum atomic E-state index is 0.277. The standard InChI is InChI=1S/C13H21NO/c14-12(10-13-7-4-8-15-13)9-11-5-2-1-3-6-11/h4,7-8,11-12H,1-3,5-6,9-10,14H2. The maximum atomic E-state index is 6.14. The molecule has 2 nitrogen and oxygen atoms in total. The van der Waals surface area contributed by atoms with E-state index in [1.54, 1.807) is 6.26 Å². The molecule has 1 aliphatic carbocycles. The summed E-state index contributed by atoms with van der Waals surface area (Å²) in [7, 11) is 0. The van der Waals surface area contributed by atoms with E-state index in [2.05, 4.69) is 0 Å². The summed E-state index contributed by atoms with van der Waals surface area (Å²) >= 11 is 0. The van der Waals surface area contributed by atoms with Crippen molar-refractivity contribution in [3.63, 3.8) is 0 Å². The Morgan fingerprint density at radius 2 is 2.13 bits per heavy atom. The van der Waals surface area contributed by atoms with E-state index in [1.165, 1.54) is 38.5 Å². The number of hydrogen-bond donors (Lipinski definition) is 1. The maximum Gasteiger partial charge on any atom is 0.105 e. The van der Waals surface area contributed by atoms with Gasteiger partial charge in [-0.2, -0.15) is 0 Å². The number of hydrogen-bond acceptors (Lipinski definition) is 2. The van der Waals surface area contributed by atoms with Crippen molar-refractivity contribution in [3.05, 3.63) is 24.2 Å². The molecule has 1 aliphatic rings. The molecule has 1 fully saturated rings. The van der Waals surface area contributed by atoms with Crippen molar-refractivity contribution in [3.8, 4) is 0 Å². The maximum absolute atomic E-state index is 6.14. The first-order valence-corrected chi connectivity index (χ1v) is 6.12. The van der Waals surface area contributed by atoms with E-state index >= 15 is 0 Å². The molecule has 2 rings (SSSR count). The van der Waals surface area contributed by atoms with Gasteiger partial charge in [-0.05, 0) is 24.5 Å². The van der Waals surface area contributed by atoms with Crippen molar-refractivity contribution in [1.82, 2.24) is 0 Å². The van der Waals surface area contributed by atoms with Gasteiger partial charge in [0, 0.05) is 12.5 Å². The lowest BCUT2D eigenvalue weighted by atomic mass is 9.84. The second-order valence-electron chi connectivity index (χ2n) is 4.78. The second-order valence-corrected chi connectivity index (χ2v) is 4.78. The molecule has 2 N–H and O–H groups in total. The molecule has 0 saturated heterocycles. The van der Waals surface area contributed by atoms with Gasteiger partial charge in [-0.25, -0.2) is 0 Å². The van der Waals surface area contributed by atoms with Crippen molar-refractivity contribution < 1.29 is 4.42 Å². The van der Waals surface area contributed by atoms with Gasteiger partial charge in [-0.1, -0.05) is 32.1 Å². The summed E-state index contributed by atoms with van der Waals surface area (Å²) in [5.41, 5.74) is 6.14. The van der Waals surface area contributed by atoms with E-state index < -0.39 is 0 Å². The Labute approximate surface area is 91.8 Å². The monoisotopic (exact) mass is 207 g/mol. The third kappa shape index (κ3) is 3.38. The molecule has 84 valence electrons. The van der Waals surface area contributed by atoms with Crippen LogP contribution in [0.1, 0.15) is 44.3 Å². The summed E-state index contributed by atoms with van der Waals surface area (Å²) in [5, 5.41) is 0. The summed E-state index contributed by atoms with van der Waals surface area (Å²) in [6.07, 6.45) is 10.8. The minimum absolute atomic E-state index is 0.277. The third-order valence-electron chi connectivity index (χ3n) is 3.40. The summed E-state index contributed by atoms with van der Waals surface area (Å²) in [5.74, 6) is 1.89. The molecule has 2 heteroatoms. The van der Waals surface area contributed by atoms with Crippen molar-refractivity contribution in [2.75, 3.05) is 0 Å². The van der Waals surface area contributed by atoms with Crippen LogP contribution in [0.4, 0.5) is 0 Å². The SMILES string of the molecule is NC(Cc1ccco1)CC1CCCCC1. The van der Waals surface area contributed by atoms with Crippen molar-refractivity contribution in [1.29, 1.82) is 0 Å². The van der Waals surface area contributed by atoms with Gasteiger partial charge in [0.1, 0.15) is 5.76 Å². The molecule has 1 aromatic heterocycles. The van der Waals surface area contributed by atoms with E-state index in [-0.39, 0.29) is 6.04 Å². The summed E-state index contributed by atoms with van der Waals surface area (Å²) in [4.78, 5) is 0. The Balaban J connectivity index is 1.74. The van der Waals surface area contributed by atoms with Gasteiger partial charge in [0.15, 0.2) is 0 Å². The molecule has 1 heterocycles. The first kappa shape index (κ1) is 10.7. The van der Waals surface area contributed by atoms with Gasteiger partial charge in [0.25, 0.3) is 0 Å². The lowest BCUT2D eigenvalue weighted by molar-refractivity contribution is 0.312. The van der Waals surface area contributed by atoms with Crippen LogP contribution in [0.15, 0.2) is 22.8 Å². The fourth-order valence-corrected chi connectivity index (χ4v) is 2.62. The molecule has 1 atom stereocenters. The topological polar surface area (TPSA) is 39.2 Å². The molecule has 0 radical (unpaired) electrons. The van der Waals surface area contributed by atoms with Crippen molar-refractivity contribution in [2.45, 2.75) is 51.0 Å². The average Bonchev–Trinajstić information content (AvgIpc) is 2.71. The normalized spacial score (nSPS) is 20.3. The van der Waals surface area contributed by atoms with E-state index in [4.69, 9.17) is 10.2 Å². The smallest absolute Gasteiger partial charge is 0.105 e. The predicted molar refractivity (Wildman–Crippen MR) is 61.6 cm³/mol. The van der Waals surface area contributed by atoms with Crippen LogP contribution in [-0.2, 0) is 6.42 Å². The first-order valence-electron chi connectivity index (χ1n) is 6.12. The fraction of sp³-hybridized carbons (Fsp3) is 0.692. The molecule has 0 aromatic carbocycles. The lowest BCUT2D eigenvalue weighted by Crippen LogP contribution is -2.26. The van der Waals surface area contributed by atoms with Gasteiger partial charge in [-0.3, -0.25) is 0 Å². The number of nitrogens with two attached hydrogens (primary N) is 1. The molecule has 1 unspecified atom stereocenters. The van der Waals surface area contributed by atoms with Crippen LogP contribution in [0.2, 0.25) is 0 Å². The molecular formula is C13H21NO. The zero-order valence-corrected chi connectivity index (χ0v) is 9.32. The minimum Gasteiger partial charge on any atom is -0.469 e. The van der Waals surface area contributed by atoms with E-state index in [0.29, 0.717) is 0 Å². The van der Waals surface area contributed by atoms with Crippen LogP contribution in [0.25, 0.3) is 0 Å². The highest BCUT2D eigenvalue weighted by molar-refractivity contribution is 5.00. The fourth-order valence-electron chi connectivity index (χ4n) is 2.62. The van der Waals surface area contributed by atoms with Crippen LogP contribution >= 0.6 is 0 Å². The number of rotatable bonds is 4. The Bertz CT molecular complexity index is 262. The second kappa shape index (κ2) is 5.36. The molecule has 0 aliphatic heterocycles. The Morgan fingerprint density at radius 1 is 1.33 bits per heavy atom. The predicted octanol–water partition coefficient (Wildman–Crippen LogP) is 3.12. The molecular weight excluding hydrogens is 186 g/mol. The zero-order chi connectivity index (χ0) is 10.5. The third-order valence-corrected chi connectivity index (χ3v) is 3.40. The van der Waals surface area contributed by atoms with E-state index in [9.17, 15) is 0 Å². The molecule has 1 aromatic rings. The van der Waals surface area contributed by atoms with Gasteiger partial charge in [-0.15, -0.1) is 0 Å². The average molecular weight is 207 g/mol. The van der Waals surface area contributed by atoms with Crippen molar-refractivity contribution >= 4 is 0 Å².